The molecule has 0 bridgehead atoms. The minimum atomic E-state index is -6.00. The summed E-state index contributed by atoms with van der Waals surface area (Å²) in [5.74, 6) is 0. The van der Waals surface area contributed by atoms with E-state index in [0.29, 0.717) is 6.04 Å². The minimum absolute atomic E-state index is 0.536. The molecule has 2 aromatic rings. The van der Waals surface area contributed by atoms with Crippen LogP contribution in [0.15, 0.2) is 36.0 Å². The number of allylic oxidation sites excluding steroid dienone is 1. The van der Waals surface area contributed by atoms with Crippen molar-refractivity contribution >= 4 is 18.6 Å². The molecular formula is C25H33BF4N2. The van der Waals surface area contributed by atoms with Crippen LogP contribution < -0.4 is 9.80 Å². The number of nitrogens with zero attached hydrogens (tertiary/aromatic N) is 1. The van der Waals surface area contributed by atoms with Gasteiger partial charge in [0.05, 0.1) is 0 Å². The van der Waals surface area contributed by atoms with Crippen molar-refractivity contribution in [3.63, 3.8) is 0 Å². The van der Waals surface area contributed by atoms with Crippen LogP contribution in [0, 0.1) is 41.5 Å². The van der Waals surface area contributed by atoms with Crippen LogP contribution in [0.1, 0.15) is 52.6 Å². The number of anilines is 1. The van der Waals surface area contributed by atoms with Gasteiger partial charge >= 0.3 is 7.25 Å². The molecule has 0 radical (unpaired) electrons. The number of rotatable bonds is 2. The van der Waals surface area contributed by atoms with Gasteiger partial charge in [0, 0.05) is 16.8 Å². The van der Waals surface area contributed by atoms with E-state index in [2.05, 4.69) is 76.8 Å². The Morgan fingerprint density at radius 1 is 0.812 bits per heavy atom. The zero-order valence-corrected chi connectivity index (χ0v) is 19.8. The van der Waals surface area contributed by atoms with E-state index in [1.54, 1.807) is 10.6 Å². The van der Waals surface area contributed by atoms with Gasteiger partial charge < -0.3 is 22.2 Å². The highest BCUT2D eigenvalue weighted by Gasteiger charge is 2.43. The van der Waals surface area contributed by atoms with Crippen molar-refractivity contribution in [2.75, 3.05) is 11.6 Å². The number of aryl methyl sites for hydroxylation is 6. The molecule has 4 rings (SSSR count). The summed E-state index contributed by atoms with van der Waals surface area (Å²) in [5, 5.41) is 0. The molecule has 2 aliphatic rings. The van der Waals surface area contributed by atoms with E-state index in [1.807, 2.05) is 0 Å². The molecule has 1 heterocycles. The first kappa shape index (κ1) is 24.4. The molecule has 0 saturated carbocycles. The molecule has 1 aliphatic carbocycles. The van der Waals surface area contributed by atoms with E-state index in [0.717, 1.165) is 6.67 Å². The van der Waals surface area contributed by atoms with Gasteiger partial charge in [-0.2, -0.15) is 0 Å². The zero-order chi connectivity index (χ0) is 23.8. The van der Waals surface area contributed by atoms with Gasteiger partial charge in [-0.1, -0.05) is 35.4 Å². The van der Waals surface area contributed by atoms with Crippen LogP contribution in [0.4, 0.5) is 28.6 Å². The van der Waals surface area contributed by atoms with Crippen LogP contribution >= 0.6 is 0 Å². The molecule has 1 aliphatic heterocycles. The lowest BCUT2D eigenvalue weighted by atomic mass is 9.96. The first-order chi connectivity index (χ1) is 14.9. The van der Waals surface area contributed by atoms with Crippen LogP contribution in [0.5, 0.6) is 0 Å². The van der Waals surface area contributed by atoms with Gasteiger partial charge in [0.2, 0.25) is 0 Å². The first-order valence-corrected chi connectivity index (χ1v) is 11.2. The summed E-state index contributed by atoms with van der Waals surface area (Å²) in [5.41, 5.74) is 12.9. The average molecular weight is 448 g/mol. The molecule has 0 amide bonds. The number of hydrogen-bond donors (Lipinski definition) is 1. The quantitative estimate of drug-likeness (QED) is 0.421. The summed E-state index contributed by atoms with van der Waals surface area (Å²) in [6, 6.07) is 9.91. The van der Waals surface area contributed by atoms with Gasteiger partial charge in [-0.25, -0.2) is 0 Å². The lowest BCUT2D eigenvalue weighted by molar-refractivity contribution is -0.779. The topological polar surface area (TPSA) is 7.68 Å². The Bertz CT molecular complexity index is 977. The SMILES string of the molecule is Cc1cc(C)c(N2C[N@@H+](c3c(C)cc(C)cc3C)C3=CCCC[C@@H]32)c(C)c1.F[B-](F)(F)F. The van der Waals surface area contributed by atoms with Gasteiger partial charge in [0.1, 0.15) is 17.4 Å². The molecule has 0 unspecified atom stereocenters. The standard InChI is InChI=1S/C25H32N2.BF4/c1-16-11-18(3)24(19(4)12-16)26-15-27(23-10-8-7-9-22(23)26)25-20(5)13-17(2)14-21(25)6;2-1(3,4)5/h9,11-14,23H,7-8,10,15H2,1-6H3;/q;-1/p+1/t23-;/m0./s1. The van der Waals surface area contributed by atoms with Gasteiger partial charge in [-0.05, 0) is 78.0 Å². The Morgan fingerprint density at radius 2 is 1.28 bits per heavy atom. The van der Waals surface area contributed by atoms with Crippen molar-refractivity contribution in [2.45, 2.75) is 66.8 Å². The lowest BCUT2D eigenvalue weighted by Gasteiger charge is -2.27. The highest BCUT2D eigenvalue weighted by molar-refractivity contribution is 6.50. The summed E-state index contributed by atoms with van der Waals surface area (Å²) in [6.45, 7) is 14.6. The van der Waals surface area contributed by atoms with E-state index < -0.39 is 7.25 Å². The predicted octanol–water partition coefficient (Wildman–Crippen LogP) is 6.27. The van der Waals surface area contributed by atoms with Crippen LogP contribution in [-0.4, -0.2) is 20.0 Å². The summed E-state index contributed by atoms with van der Waals surface area (Å²) in [7, 11) is -6.00. The van der Waals surface area contributed by atoms with Crippen molar-refractivity contribution in [3.8, 4) is 0 Å². The normalized spacial score (nSPS) is 20.4. The molecule has 0 spiro atoms. The number of hydrogen-bond acceptors (Lipinski definition) is 1. The van der Waals surface area contributed by atoms with Gasteiger partial charge in [-0.3, -0.25) is 4.90 Å². The molecule has 32 heavy (non-hydrogen) atoms. The van der Waals surface area contributed by atoms with Gasteiger partial charge in [0.25, 0.3) is 0 Å². The van der Waals surface area contributed by atoms with Gasteiger partial charge in [0.15, 0.2) is 6.67 Å². The Morgan fingerprint density at radius 3 is 1.78 bits per heavy atom. The van der Waals surface area contributed by atoms with Crippen molar-refractivity contribution in [3.05, 3.63) is 69.4 Å². The smallest absolute Gasteiger partial charge is 0.418 e. The molecule has 174 valence electrons. The van der Waals surface area contributed by atoms with Crippen LogP contribution in [-0.2, 0) is 0 Å². The van der Waals surface area contributed by atoms with Gasteiger partial charge in [-0.15, -0.1) is 0 Å². The Balaban J connectivity index is 0.000000523. The second kappa shape index (κ2) is 9.30. The third kappa shape index (κ3) is 5.37. The number of nitrogens with one attached hydrogen (secondary N) is 1. The highest BCUT2D eigenvalue weighted by Crippen LogP contribution is 2.35. The third-order valence-corrected chi connectivity index (χ3v) is 6.36. The molecule has 2 aromatic carbocycles. The Hall–Kier alpha value is -2.28. The maximum atomic E-state index is 9.75. The third-order valence-electron chi connectivity index (χ3n) is 6.36. The molecule has 0 aromatic heterocycles. The van der Waals surface area contributed by atoms with Crippen LogP contribution in [0.25, 0.3) is 0 Å². The van der Waals surface area contributed by atoms with E-state index in [-0.39, 0.29) is 0 Å². The molecular weight excluding hydrogens is 415 g/mol. The Kier molecular flexibility index (Phi) is 7.08. The van der Waals surface area contributed by atoms with Crippen LogP contribution in [0.3, 0.4) is 0 Å². The average Bonchev–Trinajstić information content (AvgIpc) is 2.98. The van der Waals surface area contributed by atoms with Crippen molar-refractivity contribution in [1.29, 1.82) is 0 Å². The fourth-order valence-electron chi connectivity index (χ4n) is 5.62. The Labute approximate surface area is 189 Å². The number of benzene rings is 2. The van der Waals surface area contributed by atoms with E-state index >= 15 is 0 Å². The maximum Gasteiger partial charge on any atom is 0.673 e. The van der Waals surface area contributed by atoms with Crippen LogP contribution in [0.2, 0.25) is 0 Å². The zero-order valence-electron chi connectivity index (χ0n) is 19.8. The summed E-state index contributed by atoms with van der Waals surface area (Å²) < 4.78 is 39.0. The summed E-state index contributed by atoms with van der Waals surface area (Å²) in [4.78, 5) is 4.26. The molecule has 1 saturated heterocycles. The molecule has 7 heteroatoms. The summed E-state index contributed by atoms with van der Waals surface area (Å²) in [6.07, 6.45) is 6.32. The van der Waals surface area contributed by atoms with E-state index in [4.69, 9.17) is 0 Å². The first-order valence-electron chi connectivity index (χ1n) is 11.2. The fourth-order valence-corrected chi connectivity index (χ4v) is 5.62. The minimum Gasteiger partial charge on any atom is -0.418 e. The number of halogens is 4. The highest BCUT2D eigenvalue weighted by atomic mass is 19.5. The second-order valence-corrected chi connectivity index (χ2v) is 9.23. The fraction of sp³-hybridized carbons (Fsp3) is 0.440. The van der Waals surface area contributed by atoms with E-state index in [9.17, 15) is 17.3 Å². The molecule has 2 nitrogen and oxygen atoms in total. The molecule has 2 atom stereocenters. The summed E-state index contributed by atoms with van der Waals surface area (Å²) >= 11 is 0. The molecule has 1 N–H and O–H groups in total. The monoisotopic (exact) mass is 448 g/mol. The largest absolute Gasteiger partial charge is 0.673 e. The maximum absolute atomic E-state index is 9.75. The predicted molar refractivity (Wildman–Crippen MR) is 125 cm³/mol. The lowest BCUT2D eigenvalue weighted by Crippen LogP contribution is -3.04. The second-order valence-electron chi connectivity index (χ2n) is 9.23. The van der Waals surface area contributed by atoms with Crippen molar-refractivity contribution < 1.29 is 22.2 Å². The number of fused-ring (bicyclic) bond motifs is 1. The van der Waals surface area contributed by atoms with Crippen molar-refractivity contribution in [1.82, 2.24) is 0 Å². The number of quaternary nitrogens is 1. The molecule has 1 fully saturated rings. The van der Waals surface area contributed by atoms with E-state index in [1.165, 1.54) is 64.0 Å². The van der Waals surface area contributed by atoms with Crippen molar-refractivity contribution in [2.24, 2.45) is 0 Å².